The van der Waals surface area contributed by atoms with Crippen LogP contribution in [0, 0.1) is 0 Å². The molecule has 0 bridgehead atoms. The fourth-order valence-corrected chi connectivity index (χ4v) is 2.45. The summed E-state index contributed by atoms with van der Waals surface area (Å²) in [7, 11) is 0. The molecule has 5 heteroatoms. The smallest absolute Gasteiger partial charge is 0.251 e. The Morgan fingerprint density at radius 2 is 2.20 bits per heavy atom. The highest BCUT2D eigenvalue weighted by molar-refractivity contribution is 6.29. The standard InChI is InChI=1S/C15H13ClN2O2/c16-14-9-10(5-7-17-14)15(19)18-12-6-8-20-13-4-2-1-3-11(12)13/h1-5,7,9,12H,6,8H2,(H,18,19). The number of pyridine rings is 1. The monoisotopic (exact) mass is 288 g/mol. The van der Waals surface area contributed by atoms with Gasteiger partial charge in [0, 0.05) is 23.7 Å². The van der Waals surface area contributed by atoms with Crippen LogP contribution >= 0.6 is 11.6 Å². The first-order valence-electron chi connectivity index (χ1n) is 6.38. The van der Waals surface area contributed by atoms with Gasteiger partial charge in [-0.15, -0.1) is 0 Å². The lowest BCUT2D eigenvalue weighted by Gasteiger charge is -2.26. The van der Waals surface area contributed by atoms with Crippen molar-refractivity contribution in [3.05, 3.63) is 58.9 Å². The molecule has 2 heterocycles. The number of ether oxygens (including phenoxy) is 1. The number of halogens is 1. The summed E-state index contributed by atoms with van der Waals surface area (Å²) in [5.41, 5.74) is 1.52. The van der Waals surface area contributed by atoms with E-state index in [-0.39, 0.29) is 11.9 Å². The number of para-hydroxylation sites is 1. The van der Waals surface area contributed by atoms with Crippen LogP contribution in [-0.2, 0) is 0 Å². The molecular formula is C15H13ClN2O2. The molecule has 1 aromatic heterocycles. The molecule has 0 saturated carbocycles. The van der Waals surface area contributed by atoms with Crippen LogP contribution in [0.1, 0.15) is 28.4 Å². The molecule has 0 fully saturated rings. The van der Waals surface area contributed by atoms with E-state index in [4.69, 9.17) is 16.3 Å². The highest BCUT2D eigenvalue weighted by Crippen LogP contribution is 2.31. The number of hydrogen-bond acceptors (Lipinski definition) is 3. The number of carbonyl (C=O) groups is 1. The van der Waals surface area contributed by atoms with Gasteiger partial charge in [0.15, 0.2) is 0 Å². The second kappa shape index (κ2) is 5.51. The minimum absolute atomic E-state index is 0.0422. The van der Waals surface area contributed by atoms with Crippen molar-refractivity contribution in [2.75, 3.05) is 6.61 Å². The average Bonchev–Trinajstić information content (AvgIpc) is 2.47. The van der Waals surface area contributed by atoms with Gasteiger partial charge in [-0.25, -0.2) is 4.98 Å². The van der Waals surface area contributed by atoms with Gasteiger partial charge < -0.3 is 10.1 Å². The van der Waals surface area contributed by atoms with Crippen molar-refractivity contribution in [1.29, 1.82) is 0 Å². The molecule has 20 heavy (non-hydrogen) atoms. The summed E-state index contributed by atoms with van der Waals surface area (Å²) in [4.78, 5) is 16.1. The maximum Gasteiger partial charge on any atom is 0.251 e. The Morgan fingerprint density at radius 1 is 1.35 bits per heavy atom. The van der Waals surface area contributed by atoms with E-state index in [9.17, 15) is 4.79 Å². The van der Waals surface area contributed by atoms with Crippen molar-refractivity contribution >= 4 is 17.5 Å². The molecule has 1 aliphatic heterocycles. The van der Waals surface area contributed by atoms with Gasteiger partial charge in [0.2, 0.25) is 0 Å². The maximum absolute atomic E-state index is 12.2. The van der Waals surface area contributed by atoms with Gasteiger partial charge in [0.25, 0.3) is 5.91 Å². The van der Waals surface area contributed by atoms with Gasteiger partial charge in [-0.2, -0.15) is 0 Å². The third-order valence-electron chi connectivity index (χ3n) is 3.25. The minimum Gasteiger partial charge on any atom is -0.493 e. The van der Waals surface area contributed by atoms with Crippen molar-refractivity contribution in [3.63, 3.8) is 0 Å². The van der Waals surface area contributed by atoms with E-state index in [1.165, 1.54) is 6.20 Å². The summed E-state index contributed by atoms with van der Waals surface area (Å²) < 4.78 is 5.58. The van der Waals surface area contributed by atoms with Gasteiger partial charge in [0.05, 0.1) is 12.6 Å². The molecule has 1 unspecified atom stereocenters. The first-order chi connectivity index (χ1) is 9.74. The van der Waals surface area contributed by atoms with Crippen LogP contribution in [0.5, 0.6) is 5.75 Å². The van der Waals surface area contributed by atoms with E-state index >= 15 is 0 Å². The van der Waals surface area contributed by atoms with Crippen LogP contribution in [0.2, 0.25) is 5.15 Å². The number of benzene rings is 1. The topological polar surface area (TPSA) is 51.2 Å². The molecule has 1 N–H and O–H groups in total. The van der Waals surface area contributed by atoms with Crippen LogP contribution in [0.25, 0.3) is 0 Å². The predicted octanol–water partition coefficient (Wildman–Crippen LogP) is 2.99. The lowest BCUT2D eigenvalue weighted by molar-refractivity contribution is 0.0924. The van der Waals surface area contributed by atoms with E-state index in [1.54, 1.807) is 12.1 Å². The molecule has 1 aliphatic rings. The zero-order valence-corrected chi connectivity index (χ0v) is 11.4. The number of nitrogens with one attached hydrogen (secondary N) is 1. The summed E-state index contributed by atoms with van der Waals surface area (Å²) in [6.07, 6.45) is 2.27. The average molecular weight is 289 g/mol. The fraction of sp³-hybridized carbons (Fsp3) is 0.200. The lowest BCUT2D eigenvalue weighted by atomic mass is 10.0. The second-order valence-electron chi connectivity index (χ2n) is 4.57. The second-order valence-corrected chi connectivity index (χ2v) is 4.96. The van der Waals surface area contributed by atoms with Crippen LogP contribution in [0.3, 0.4) is 0 Å². The minimum atomic E-state index is -0.156. The predicted molar refractivity (Wildman–Crippen MR) is 76.0 cm³/mol. The number of fused-ring (bicyclic) bond motifs is 1. The van der Waals surface area contributed by atoms with E-state index < -0.39 is 0 Å². The molecule has 0 saturated heterocycles. The van der Waals surface area contributed by atoms with Crippen molar-refractivity contribution in [1.82, 2.24) is 10.3 Å². The molecule has 1 atom stereocenters. The zero-order valence-electron chi connectivity index (χ0n) is 10.7. The largest absolute Gasteiger partial charge is 0.493 e. The summed E-state index contributed by atoms with van der Waals surface area (Å²) >= 11 is 5.80. The Bertz CT molecular complexity index is 645. The van der Waals surface area contributed by atoms with E-state index in [1.807, 2.05) is 24.3 Å². The van der Waals surface area contributed by atoms with Crippen molar-refractivity contribution < 1.29 is 9.53 Å². The molecule has 0 radical (unpaired) electrons. The highest BCUT2D eigenvalue weighted by Gasteiger charge is 2.23. The SMILES string of the molecule is O=C(NC1CCOc2ccccc21)c1ccnc(Cl)c1. The van der Waals surface area contributed by atoms with Gasteiger partial charge in [-0.3, -0.25) is 4.79 Å². The summed E-state index contributed by atoms with van der Waals surface area (Å²) in [5.74, 6) is 0.674. The molecular weight excluding hydrogens is 276 g/mol. The first-order valence-corrected chi connectivity index (χ1v) is 6.76. The van der Waals surface area contributed by atoms with Crippen LogP contribution in [0.4, 0.5) is 0 Å². The Hall–Kier alpha value is -2.07. The number of hydrogen-bond donors (Lipinski definition) is 1. The number of aromatic nitrogens is 1. The number of nitrogens with zero attached hydrogens (tertiary/aromatic N) is 1. The van der Waals surface area contributed by atoms with Gasteiger partial charge >= 0.3 is 0 Å². The van der Waals surface area contributed by atoms with Crippen LogP contribution in [0.15, 0.2) is 42.6 Å². The van der Waals surface area contributed by atoms with Crippen LogP contribution < -0.4 is 10.1 Å². The molecule has 0 spiro atoms. The molecule has 0 aliphatic carbocycles. The molecule has 2 aromatic rings. The van der Waals surface area contributed by atoms with Crippen LogP contribution in [-0.4, -0.2) is 17.5 Å². The molecule has 3 rings (SSSR count). The summed E-state index contributed by atoms with van der Waals surface area (Å²) in [6.45, 7) is 0.596. The first kappa shape index (κ1) is 12.9. The maximum atomic E-state index is 12.2. The van der Waals surface area contributed by atoms with Gasteiger partial charge in [-0.05, 0) is 18.2 Å². The zero-order chi connectivity index (χ0) is 13.9. The molecule has 4 nitrogen and oxygen atoms in total. The van der Waals surface area contributed by atoms with Crippen molar-refractivity contribution in [2.24, 2.45) is 0 Å². The number of amides is 1. The Kier molecular flexibility index (Phi) is 3.56. The fourth-order valence-electron chi connectivity index (χ4n) is 2.28. The van der Waals surface area contributed by atoms with E-state index in [0.29, 0.717) is 17.3 Å². The van der Waals surface area contributed by atoms with Gasteiger partial charge in [0.1, 0.15) is 10.9 Å². The van der Waals surface area contributed by atoms with E-state index in [2.05, 4.69) is 10.3 Å². The molecule has 1 amide bonds. The Morgan fingerprint density at radius 3 is 3.05 bits per heavy atom. The van der Waals surface area contributed by atoms with E-state index in [0.717, 1.165) is 17.7 Å². The van der Waals surface area contributed by atoms with Crippen molar-refractivity contribution in [3.8, 4) is 5.75 Å². The van der Waals surface area contributed by atoms with Gasteiger partial charge in [-0.1, -0.05) is 29.8 Å². The summed E-state index contributed by atoms with van der Waals surface area (Å²) in [5, 5.41) is 3.32. The normalized spacial score (nSPS) is 16.9. The number of carbonyl (C=O) groups excluding carboxylic acids is 1. The number of rotatable bonds is 2. The third kappa shape index (κ3) is 2.60. The molecule has 102 valence electrons. The van der Waals surface area contributed by atoms with Crippen molar-refractivity contribution in [2.45, 2.75) is 12.5 Å². The Balaban J connectivity index is 1.81. The summed E-state index contributed by atoms with van der Waals surface area (Å²) in [6, 6.07) is 10.9. The quantitative estimate of drug-likeness (QED) is 0.864. The third-order valence-corrected chi connectivity index (χ3v) is 3.46. The highest BCUT2D eigenvalue weighted by atomic mass is 35.5. The Labute approximate surface area is 121 Å². The molecule has 1 aromatic carbocycles. The lowest BCUT2D eigenvalue weighted by Crippen LogP contribution is -2.32.